The van der Waals surface area contributed by atoms with Gasteiger partial charge in [-0.05, 0) is 43.0 Å². The normalized spacial score (nSPS) is 13.6. The Morgan fingerprint density at radius 2 is 1.83 bits per heavy atom. The van der Waals surface area contributed by atoms with Crippen molar-refractivity contribution >= 4 is 8.32 Å². The lowest BCUT2D eigenvalue weighted by molar-refractivity contribution is 0.276. The number of benzene rings is 1. The summed E-state index contributed by atoms with van der Waals surface area (Å²) >= 11 is 0. The second kappa shape index (κ2) is 9.22. The van der Waals surface area contributed by atoms with E-state index in [0.29, 0.717) is 0 Å². The maximum atomic E-state index is 9.26. The molecule has 0 spiro atoms. The minimum Gasteiger partial charge on any atom is -0.417 e. The van der Waals surface area contributed by atoms with Crippen molar-refractivity contribution in [2.45, 2.75) is 70.8 Å². The van der Waals surface area contributed by atoms with Crippen molar-refractivity contribution < 1.29 is 4.43 Å². The number of unbranched alkanes of at least 4 members (excludes halogenated alkanes) is 1. The van der Waals surface area contributed by atoms with Crippen molar-refractivity contribution in [2.24, 2.45) is 0 Å². The maximum absolute atomic E-state index is 9.26. The lowest BCUT2D eigenvalue weighted by Crippen LogP contribution is -2.41. The molecule has 0 aliphatic rings. The first-order valence-electron chi connectivity index (χ1n) is 8.57. The van der Waals surface area contributed by atoms with Crippen LogP contribution in [0.15, 0.2) is 30.3 Å². The fourth-order valence-electron chi connectivity index (χ4n) is 2.04. The van der Waals surface area contributed by atoms with Crippen molar-refractivity contribution in [3.8, 4) is 6.07 Å². The van der Waals surface area contributed by atoms with Crippen LogP contribution in [0.25, 0.3) is 0 Å². The Labute approximate surface area is 143 Å². The van der Waals surface area contributed by atoms with Gasteiger partial charge in [0.05, 0.1) is 12.1 Å². The average Bonchev–Trinajstić information content (AvgIpc) is 2.49. The molecule has 0 aliphatic heterocycles. The van der Waals surface area contributed by atoms with Crippen molar-refractivity contribution in [1.29, 1.82) is 5.26 Å². The van der Waals surface area contributed by atoms with Gasteiger partial charge < -0.3 is 4.43 Å². The van der Waals surface area contributed by atoms with Crippen LogP contribution < -0.4 is 5.32 Å². The lowest BCUT2D eigenvalue weighted by Gasteiger charge is -2.36. The Balaban J connectivity index is 2.22. The molecular formula is C19H32N2OSi. The molecule has 1 N–H and O–H groups in total. The van der Waals surface area contributed by atoms with Crippen LogP contribution in [0.5, 0.6) is 0 Å². The molecule has 1 aromatic carbocycles. The SMILES string of the molecule is CC(C)(C)[Si](C)(C)OCCCCC(C#N)NCc1ccccc1. The van der Waals surface area contributed by atoms with Crippen molar-refractivity contribution in [3.63, 3.8) is 0 Å². The summed E-state index contributed by atoms with van der Waals surface area (Å²) in [7, 11) is -1.63. The molecule has 0 aromatic heterocycles. The van der Waals surface area contributed by atoms with E-state index in [1.807, 2.05) is 18.2 Å². The van der Waals surface area contributed by atoms with Crippen LogP contribution >= 0.6 is 0 Å². The molecule has 0 saturated carbocycles. The molecule has 0 heterocycles. The third-order valence-electron chi connectivity index (χ3n) is 4.71. The number of hydrogen-bond donors (Lipinski definition) is 1. The van der Waals surface area contributed by atoms with Gasteiger partial charge in [0.25, 0.3) is 0 Å². The summed E-state index contributed by atoms with van der Waals surface area (Å²) in [5, 5.41) is 12.8. The maximum Gasteiger partial charge on any atom is 0.191 e. The molecule has 0 saturated heterocycles. The number of hydrogen-bond acceptors (Lipinski definition) is 3. The van der Waals surface area contributed by atoms with E-state index in [4.69, 9.17) is 4.43 Å². The van der Waals surface area contributed by atoms with Crippen LogP contribution in [0.1, 0.15) is 45.6 Å². The zero-order valence-electron chi connectivity index (χ0n) is 15.4. The Morgan fingerprint density at radius 1 is 1.17 bits per heavy atom. The highest BCUT2D eigenvalue weighted by Crippen LogP contribution is 2.36. The van der Waals surface area contributed by atoms with Crippen molar-refractivity contribution in [1.82, 2.24) is 5.32 Å². The van der Waals surface area contributed by atoms with Crippen LogP contribution in [0.3, 0.4) is 0 Å². The summed E-state index contributed by atoms with van der Waals surface area (Å²) in [4.78, 5) is 0. The number of nitrogens with one attached hydrogen (secondary N) is 1. The topological polar surface area (TPSA) is 45.0 Å². The Kier molecular flexibility index (Phi) is 7.97. The monoisotopic (exact) mass is 332 g/mol. The van der Waals surface area contributed by atoms with Gasteiger partial charge in [0.15, 0.2) is 8.32 Å². The van der Waals surface area contributed by atoms with Crippen LogP contribution in [-0.4, -0.2) is 21.0 Å². The first-order valence-corrected chi connectivity index (χ1v) is 11.5. The number of nitrogens with zero attached hydrogens (tertiary/aromatic N) is 1. The molecule has 0 radical (unpaired) electrons. The minimum absolute atomic E-state index is 0.0805. The van der Waals surface area contributed by atoms with E-state index in [-0.39, 0.29) is 11.1 Å². The zero-order valence-corrected chi connectivity index (χ0v) is 16.4. The molecule has 23 heavy (non-hydrogen) atoms. The Hall–Kier alpha value is -1.15. The van der Waals surface area contributed by atoms with Gasteiger partial charge in [-0.1, -0.05) is 51.1 Å². The third kappa shape index (κ3) is 7.30. The van der Waals surface area contributed by atoms with E-state index in [1.165, 1.54) is 5.56 Å². The highest BCUT2D eigenvalue weighted by Gasteiger charge is 2.36. The largest absolute Gasteiger partial charge is 0.417 e. The van der Waals surface area contributed by atoms with E-state index in [9.17, 15) is 5.26 Å². The fraction of sp³-hybridized carbons (Fsp3) is 0.632. The molecule has 0 amide bonds. The number of rotatable bonds is 9. The summed E-state index contributed by atoms with van der Waals surface area (Å²) < 4.78 is 6.17. The van der Waals surface area contributed by atoms with Crippen LogP contribution in [-0.2, 0) is 11.0 Å². The molecule has 1 aromatic rings. The first-order chi connectivity index (χ1) is 10.8. The van der Waals surface area contributed by atoms with Crippen LogP contribution in [0.4, 0.5) is 0 Å². The predicted octanol–water partition coefficient (Wildman–Crippen LogP) is 4.86. The quantitative estimate of drug-likeness (QED) is 0.519. The van der Waals surface area contributed by atoms with Crippen molar-refractivity contribution in [2.75, 3.05) is 6.61 Å². The predicted molar refractivity (Wildman–Crippen MR) is 99.7 cm³/mol. The standard InChI is InChI=1S/C19H32N2OSi/c1-19(2,3)23(4,5)22-14-10-9-13-18(15-20)21-16-17-11-7-6-8-12-17/h6-8,11-12,18,21H,9-10,13-14,16H2,1-5H3. The smallest absolute Gasteiger partial charge is 0.191 e. The van der Waals surface area contributed by atoms with Gasteiger partial charge in [-0.3, -0.25) is 5.32 Å². The molecule has 1 atom stereocenters. The molecule has 0 fully saturated rings. The second-order valence-electron chi connectivity index (χ2n) is 7.65. The highest BCUT2D eigenvalue weighted by atomic mass is 28.4. The van der Waals surface area contributed by atoms with Crippen LogP contribution in [0.2, 0.25) is 18.1 Å². The van der Waals surface area contributed by atoms with E-state index < -0.39 is 8.32 Å². The second-order valence-corrected chi connectivity index (χ2v) is 12.5. The van der Waals surface area contributed by atoms with E-state index in [0.717, 1.165) is 32.4 Å². The Bertz CT molecular complexity index is 488. The molecule has 1 rings (SSSR count). The number of nitriles is 1. The van der Waals surface area contributed by atoms with Gasteiger partial charge in [0, 0.05) is 13.2 Å². The first kappa shape index (κ1) is 19.9. The summed E-state index contributed by atoms with van der Waals surface area (Å²) in [6.07, 6.45) is 2.93. The Morgan fingerprint density at radius 3 is 2.39 bits per heavy atom. The van der Waals surface area contributed by atoms with Crippen molar-refractivity contribution in [3.05, 3.63) is 35.9 Å². The summed E-state index contributed by atoms with van der Waals surface area (Å²) in [5.41, 5.74) is 1.22. The van der Waals surface area contributed by atoms with E-state index >= 15 is 0 Å². The summed E-state index contributed by atoms with van der Waals surface area (Å²) in [6.45, 7) is 12.9. The average molecular weight is 333 g/mol. The molecule has 0 aliphatic carbocycles. The highest BCUT2D eigenvalue weighted by molar-refractivity contribution is 6.74. The van der Waals surface area contributed by atoms with Gasteiger partial charge >= 0.3 is 0 Å². The van der Waals surface area contributed by atoms with Crippen LogP contribution in [0, 0.1) is 11.3 Å². The van der Waals surface area contributed by atoms with Gasteiger partial charge in [-0.25, -0.2) is 0 Å². The third-order valence-corrected chi connectivity index (χ3v) is 9.25. The van der Waals surface area contributed by atoms with E-state index in [2.05, 4.69) is 57.4 Å². The lowest BCUT2D eigenvalue weighted by atomic mass is 10.1. The fourth-order valence-corrected chi connectivity index (χ4v) is 3.13. The molecule has 1 unspecified atom stereocenters. The van der Waals surface area contributed by atoms with Gasteiger partial charge in [0.1, 0.15) is 0 Å². The summed E-state index contributed by atoms with van der Waals surface area (Å²) in [6, 6.07) is 12.5. The van der Waals surface area contributed by atoms with Gasteiger partial charge in [-0.2, -0.15) is 5.26 Å². The van der Waals surface area contributed by atoms with E-state index in [1.54, 1.807) is 0 Å². The molecule has 4 heteroatoms. The molecule has 0 bridgehead atoms. The van der Waals surface area contributed by atoms with Gasteiger partial charge in [0.2, 0.25) is 0 Å². The zero-order chi connectivity index (χ0) is 17.3. The molecule has 128 valence electrons. The molecular weight excluding hydrogens is 300 g/mol. The molecule has 3 nitrogen and oxygen atoms in total. The van der Waals surface area contributed by atoms with Gasteiger partial charge in [-0.15, -0.1) is 0 Å². The minimum atomic E-state index is -1.63. The summed E-state index contributed by atoms with van der Waals surface area (Å²) in [5.74, 6) is 0.